The van der Waals surface area contributed by atoms with E-state index in [0.29, 0.717) is 51.4 Å². The van der Waals surface area contributed by atoms with Crippen LogP contribution in [0.3, 0.4) is 0 Å². The second kappa shape index (κ2) is 23.7. The van der Waals surface area contributed by atoms with Crippen LogP contribution >= 0.6 is 15.2 Å². The first-order valence-corrected chi connectivity index (χ1v) is 30.7. The summed E-state index contributed by atoms with van der Waals surface area (Å²) >= 11 is 0. The Kier molecular flexibility index (Phi) is 20.8. The molecule has 4 fully saturated rings. The molecule has 0 aromatic carbocycles. The standard InChI is InChI=1S/C35H66O18P2S4/c1-30(58(42,43)52-34-22-12-5-13-23-34)48-54(36,46-28-56(38,39)50-32-18-8-3-9-19-32)26-16-7-17-27-55(37,47-29-57(40,41)51-33-20-10-4-11-21-33)49-31(2)59(44,45)53-35-24-14-6-15-25-35/h30-35H,3-29H2,1-2H3. The van der Waals surface area contributed by atoms with Crippen molar-refractivity contribution in [1.29, 1.82) is 0 Å². The Balaban J connectivity index is 1.42. The lowest BCUT2D eigenvalue weighted by molar-refractivity contribution is 0.136. The smallest absolute Gasteiger partial charge is 0.290 e. The fourth-order valence-electron chi connectivity index (χ4n) is 7.58. The minimum absolute atomic E-state index is 0.0568. The van der Waals surface area contributed by atoms with Gasteiger partial charge in [0.25, 0.3) is 40.5 Å². The van der Waals surface area contributed by atoms with Gasteiger partial charge < -0.3 is 0 Å². The van der Waals surface area contributed by atoms with Crippen LogP contribution in [0.15, 0.2) is 0 Å². The SMILES string of the molecule is CC(OP(=O)(CCCCCP(=O)(OCS(=O)(=O)OC1CCCCC1)OC(C)S(=O)(=O)OC1CCCCC1)OCS(=O)(=O)OC1CCCCC1)S(=O)(=O)OC1CCCCC1. The molecule has 4 atom stereocenters. The third kappa shape index (κ3) is 18.9. The number of hydrogen-bond acceptors (Lipinski definition) is 18. The number of hydrogen-bond donors (Lipinski definition) is 0. The average Bonchev–Trinajstić information content (AvgIpc) is 3.17. The summed E-state index contributed by atoms with van der Waals surface area (Å²) in [5.74, 6) is -2.33. The molecule has 4 saturated carbocycles. The van der Waals surface area contributed by atoms with Gasteiger partial charge in [0, 0.05) is 0 Å². The maximum Gasteiger partial charge on any atom is 0.333 e. The van der Waals surface area contributed by atoms with Gasteiger partial charge in [-0.3, -0.25) is 44.0 Å². The summed E-state index contributed by atoms with van der Waals surface area (Å²) in [7, 11) is -26.6. The maximum absolute atomic E-state index is 14.1. The van der Waals surface area contributed by atoms with Crippen molar-refractivity contribution in [2.45, 2.75) is 197 Å². The lowest BCUT2D eigenvalue weighted by atomic mass is 9.98. The molecule has 0 heterocycles. The molecule has 24 heteroatoms. The van der Waals surface area contributed by atoms with Crippen LogP contribution in [0.1, 0.15) is 162 Å². The molecule has 4 unspecified atom stereocenters. The molecule has 348 valence electrons. The molecule has 0 aromatic heterocycles. The molecule has 0 spiro atoms. The van der Waals surface area contributed by atoms with Crippen LogP contribution < -0.4 is 0 Å². The Bertz CT molecular complexity index is 1690. The predicted molar refractivity (Wildman–Crippen MR) is 219 cm³/mol. The Morgan fingerprint density at radius 1 is 0.424 bits per heavy atom. The molecule has 0 bridgehead atoms. The summed E-state index contributed by atoms with van der Waals surface area (Å²) in [4.78, 5) is 0. The first kappa shape index (κ1) is 51.6. The van der Waals surface area contributed by atoms with Crippen molar-refractivity contribution in [3.63, 3.8) is 0 Å². The van der Waals surface area contributed by atoms with Crippen LogP contribution in [0.4, 0.5) is 0 Å². The molecule has 59 heavy (non-hydrogen) atoms. The predicted octanol–water partition coefficient (Wildman–Crippen LogP) is 7.93. The van der Waals surface area contributed by atoms with Crippen LogP contribution in [0.2, 0.25) is 0 Å². The van der Waals surface area contributed by atoms with Crippen LogP contribution in [-0.2, 0) is 84.4 Å². The largest absolute Gasteiger partial charge is 0.333 e. The lowest BCUT2D eigenvalue weighted by Gasteiger charge is -2.27. The van der Waals surface area contributed by atoms with E-state index in [0.717, 1.165) is 90.9 Å². The molecular weight excluding hydrogens is 899 g/mol. The monoisotopic (exact) mass is 964 g/mol. The van der Waals surface area contributed by atoms with Crippen LogP contribution in [-0.4, -0.2) is 93.2 Å². The van der Waals surface area contributed by atoms with Gasteiger partial charge in [0.15, 0.2) is 22.7 Å². The van der Waals surface area contributed by atoms with Crippen molar-refractivity contribution in [2.24, 2.45) is 0 Å². The maximum atomic E-state index is 14.1. The highest BCUT2D eigenvalue weighted by molar-refractivity contribution is 7.88. The van der Waals surface area contributed by atoms with Crippen molar-refractivity contribution in [3.05, 3.63) is 0 Å². The summed E-state index contributed by atoms with van der Waals surface area (Å²) in [6.45, 7) is 2.23. The second-order valence-corrected chi connectivity index (χ2v) is 27.1. The summed E-state index contributed by atoms with van der Waals surface area (Å²) in [6.07, 6.45) is 11.0. The molecule has 0 amide bonds. The molecule has 0 aromatic rings. The normalized spacial score (nSPS) is 23.6. The topological polar surface area (TPSA) is 245 Å². The molecular formula is C35H66O18P2S4. The Hall–Kier alpha value is -0.0600. The fraction of sp³-hybridized carbons (Fsp3) is 1.00. The molecule has 4 aliphatic rings. The molecule has 0 N–H and O–H groups in total. The summed E-state index contributed by atoms with van der Waals surface area (Å²) in [5.41, 5.74) is -3.59. The van der Waals surface area contributed by atoms with Gasteiger partial charge in [0.1, 0.15) is 0 Å². The van der Waals surface area contributed by atoms with E-state index in [4.69, 9.17) is 34.8 Å². The summed E-state index contributed by atoms with van der Waals surface area (Å²) < 4.78 is 175. The molecule has 4 aliphatic carbocycles. The fourth-order valence-corrected chi connectivity index (χ4v) is 17.0. The van der Waals surface area contributed by atoms with Crippen LogP contribution in [0, 0.1) is 0 Å². The third-order valence-electron chi connectivity index (χ3n) is 10.9. The highest BCUT2D eigenvalue weighted by Gasteiger charge is 2.39. The Labute approximate surface area is 352 Å². The van der Waals surface area contributed by atoms with Crippen molar-refractivity contribution < 1.29 is 77.6 Å². The van der Waals surface area contributed by atoms with Crippen molar-refractivity contribution in [2.75, 3.05) is 24.2 Å². The van der Waals surface area contributed by atoms with Crippen molar-refractivity contribution in [1.82, 2.24) is 0 Å². The van der Waals surface area contributed by atoms with Gasteiger partial charge in [-0.1, -0.05) is 83.5 Å². The van der Waals surface area contributed by atoms with E-state index >= 15 is 0 Å². The van der Waals surface area contributed by atoms with Gasteiger partial charge in [0.2, 0.25) is 0 Å². The lowest BCUT2D eigenvalue weighted by Crippen LogP contribution is -2.29. The van der Waals surface area contributed by atoms with Crippen molar-refractivity contribution in [3.8, 4) is 0 Å². The third-order valence-corrected chi connectivity index (χ3v) is 20.4. The first-order valence-electron chi connectivity index (χ1n) is 21.2. The van der Waals surface area contributed by atoms with Crippen LogP contribution in [0.25, 0.3) is 0 Å². The zero-order valence-electron chi connectivity index (χ0n) is 34.4. The van der Waals surface area contributed by atoms with Gasteiger partial charge in [-0.2, -0.15) is 33.7 Å². The van der Waals surface area contributed by atoms with Gasteiger partial charge in [-0.15, -0.1) is 0 Å². The van der Waals surface area contributed by atoms with Gasteiger partial charge in [-0.25, -0.2) is 0 Å². The van der Waals surface area contributed by atoms with Gasteiger partial charge >= 0.3 is 15.2 Å². The Morgan fingerprint density at radius 2 is 0.695 bits per heavy atom. The highest BCUT2D eigenvalue weighted by Crippen LogP contribution is 2.53. The zero-order valence-corrected chi connectivity index (χ0v) is 39.5. The quantitative estimate of drug-likeness (QED) is 0.0453. The average molecular weight is 965 g/mol. The van der Waals surface area contributed by atoms with E-state index in [2.05, 4.69) is 0 Å². The van der Waals surface area contributed by atoms with E-state index in [1.54, 1.807) is 0 Å². The minimum Gasteiger partial charge on any atom is -0.290 e. The summed E-state index contributed by atoms with van der Waals surface area (Å²) in [6, 6.07) is 0. The van der Waals surface area contributed by atoms with E-state index in [9.17, 15) is 42.8 Å². The van der Waals surface area contributed by atoms with Gasteiger partial charge in [-0.05, 0) is 78.1 Å². The van der Waals surface area contributed by atoms with E-state index < -0.39 is 115 Å². The highest BCUT2D eigenvalue weighted by atomic mass is 32.2. The molecule has 4 rings (SSSR count). The molecule has 0 radical (unpaired) electrons. The molecule has 0 saturated heterocycles. The first-order chi connectivity index (χ1) is 27.7. The van der Waals surface area contributed by atoms with Crippen LogP contribution in [0.5, 0.6) is 0 Å². The zero-order chi connectivity index (χ0) is 43.2. The number of rotatable bonds is 26. The second-order valence-electron chi connectivity index (χ2n) is 16.1. The van der Waals surface area contributed by atoms with Gasteiger partial charge in [0.05, 0.1) is 36.7 Å². The van der Waals surface area contributed by atoms with E-state index in [-0.39, 0.29) is 19.3 Å². The van der Waals surface area contributed by atoms with Crippen molar-refractivity contribution >= 4 is 55.7 Å². The summed E-state index contributed by atoms with van der Waals surface area (Å²) in [5, 5.41) is 0. The Morgan fingerprint density at radius 3 is 0.983 bits per heavy atom. The minimum atomic E-state index is -4.51. The van der Waals surface area contributed by atoms with E-state index in [1.807, 2.05) is 0 Å². The van der Waals surface area contributed by atoms with E-state index in [1.165, 1.54) is 0 Å². The molecule has 18 nitrogen and oxygen atoms in total. The number of unbranched alkanes of at least 4 members (excludes halogenated alkanes) is 2. The molecule has 0 aliphatic heterocycles.